The molecule has 1 N–H and O–H groups in total. The Morgan fingerprint density at radius 1 is 1.20 bits per heavy atom. The van der Waals surface area contributed by atoms with Gasteiger partial charge in [-0.25, -0.2) is 0 Å². The first-order chi connectivity index (χ1) is 7.16. The van der Waals surface area contributed by atoms with E-state index in [4.69, 9.17) is 23.2 Å². The standard InChI is InChI=1S/C12H14Cl2O/c13-9-4-5-12(14)11(7-9)8-2-1-3-10(15)6-8/h4-5,7-8,10,15H,1-3,6H2. The molecule has 1 nitrogen and oxygen atoms in total. The molecule has 82 valence electrons. The van der Waals surface area contributed by atoms with Gasteiger partial charge in [0, 0.05) is 10.0 Å². The lowest BCUT2D eigenvalue weighted by atomic mass is 9.82. The van der Waals surface area contributed by atoms with Crippen LogP contribution in [0.25, 0.3) is 0 Å². The second-order valence-electron chi connectivity index (χ2n) is 4.18. The van der Waals surface area contributed by atoms with Crippen LogP contribution in [-0.4, -0.2) is 11.2 Å². The van der Waals surface area contributed by atoms with Crippen molar-refractivity contribution in [2.75, 3.05) is 0 Å². The molecule has 2 atom stereocenters. The number of hydrogen-bond acceptors (Lipinski definition) is 1. The summed E-state index contributed by atoms with van der Waals surface area (Å²) in [4.78, 5) is 0. The third kappa shape index (κ3) is 2.66. The average molecular weight is 245 g/mol. The second-order valence-corrected chi connectivity index (χ2v) is 5.03. The summed E-state index contributed by atoms with van der Waals surface area (Å²) < 4.78 is 0. The van der Waals surface area contributed by atoms with Gasteiger partial charge >= 0.3 is 0 Å². The largest absolute Gasteiger partial charge is 0.393 e. The van der Waals surface area contributed by atoms with Crippen LogP contribution in [0.5, 0.6) is 0 Å². The predicted octanol–water partition coefficient (Wildman–Crippen LogP) is 4.01. The van der Waals surface area contributed by atoms with Crippen LogP contribution in [0.15, 0.2) is 18.2 Å². The number of halogens is 2. The van der Waals surface area contributed by atoms with E-state index in [0.29, 0.717) is 5.92 Å². The molecule has 0 saturated heterocycles. The summed E-state index contributed by atoms with van der Waals surface area (Å²) in [5, 5.41) is 11.1. The molecule has 1 aromatic rings. The van der Waals surface area contributed by atoms with Crippen molar-refractivity contribution in [2.45, 2.75) is 37.7 Å². The molecule has 0 spiro atoms. The van der Waals surface area contributed by atoms with Gasteiger partial charge in [-0.3, -0.25) is 0 Å². The van der Waals surface area contributed by atoms with E-state index in [0.717, 1.165) is 41.3 Å². The molecular weight excluding hydrogens is 231 g/mol. The van der Waals surface area contributed by atoms with Crippen LogP contribution in [0, 0.1) is 0 Å². The summed E-state index contributed by atoms with van der Waals surface area (Å²) in [6, 6.07) is 5.56. The fourth-order valence-electron chi connectivity index (χ4n) is 2.27. The highest BCUT2D eigenvalue weighted by Gasteiger charge is 2.23. The molecule has 2 rings (SSSR count). The molecule has 0 radical (unpaired) electrons. The Hall–Kier alpha value is -0.240. The second kappa shape index (κ2) is 4.73. The molecule has 0 aliphatic heterocycles. The van der Waals surface area contributed by atoms with Crippen LogP contribution < -0.4 is 0 Å². The molecule has 1 aromatic carbocycles. The van der Waals surface area contributed by atoms with Gasteiger partial charge in [0.25, 0.3) is 0 Å². The minimum absolute atomic E-state index is 0.182. The maximum atomic E-state index is 9.63. The minimum atomic E-state index is -0.182. The number of aliphatic hydroxyl groups is 1. The van der Waals surface area contributed by atoms with Crippen molar-refractivity contribution < 1.29 is 5.11 Å². The van der Waals surface area contributed by atoms with E-state index in [9.17, 15) is 5.11 Å². The van der Waals surface area contributed by atoms with Gasteiger partial charge in [-0.05, 0) is 48.9 Å². The van der Waals surface area contributed by atoms with Crippen molar-refractivity contribution >= 4 is 23.2 Å². The summed E-state index contributed by atoms with van der Waals surface area (Å²) in [6.07, 6.45) is 3.69. The number of rotatable bonds is 1. The number of hydrogen-bond donors (Lipinski definition) is 1. The van der Waals surface area contributed by atoms with E-state index in [1.165, 1.54) is 0 Å². The zero-order chi connectivity index (χ0) is 10.8. The highest BCUT2D eigenvalue weighted by molar-refractivity contribution is 6.33. The Kier molecular flexibility index (Phi) is 3.55. The van der Waals surface area contributed by atoms with E-state index in [-0.39, 0.29) is 6.10 Å². The lowest BCUT2D eigenvalue weighted by Crippen LogP contribution is -2.18. The molecule has 1 saturated carbocycles. The summed E-state index contributed by atoms with van der Waals surface area (Å²) in [5.41, 5.74) is 1.09. The highest BCUT2D eigenvalue weighted by Crippen LogP contribution is 2.37. The molecule has 0 bridgehead atoms. The third-order valence-electron chi connectivity index (χ3n) is 3.04. The third-order valence-corrected chi connectivity index (χ3v) is 3.62. The Morgan fingerprint density at radius 2 is 2.00 bits per heavy atom. The maximum absolute atomic E-state index is 9.63. The van der Waals surface area contributed by atoms with Crippen molar-refractivity contribution in [2.24, 2.45) is 0 Å². The van der Waals surface area contributed by atoms with Gasteiger partial charge in [-0.1, -0.05) is 29.6 Å². The van der Waals surface area contributed by atoms with E-state index in [1.54, 1.807) is 6.07 Å². The molecule has 1 aliphatic rings. The zero-order valence-electron chi connectivity index (χ0n) is 8.42. The SMILES string of the molecule is OC1CCCC(c2cc(Cl)ccc2Cl)C1. The van der Waals surface area contributed by atoms with Crippen molar-refractivity contribution in [1.29, 1.82) is 0 Å². The Bertz CT molecular complexity index is 351. The summed E-state index contributed by atoms with van der Waals surface area (Å²) in [6.45, 7) is 0. The Morgan fingerprint density at radius 3 is 2.73 bits per heavy atom. The molecule has 1 aliphatic carbocycles. The van der Waals surface area contributed by atoms with E-state index < -0.39 is 0 Å². The van der Waals surface area contributed by atoms with Crippen LogP contribution in [0.4, 0.5) is 0 Å². The fraction of sp³-hybridized carbons (Fsp3) is 0.500. The van der Waals surface area contributed by atoms with Crippen LogP contribution in [0.3, 0.4) is 0 Å². The van der Waals surface area contributed by atoms with Gasteiger partial charge in [0.05, 0.1) is 6.10 Å². The highest BCUT2D eigenvalue weighted by atomic mass is 35.5. The molecule has 0 heterocycles. The Balaban J connectivity index is 2.24. The normalized spacial score (nSPS) is 26.6. The van der Waals surface area contributed by atoms with E-state index in [1.807, 2.05) is 12.1 Å². The van der Waals surface area contributed by atoms with Crippen molar-refractivity contribution in [1.82, 2.24) is 0 Å². The lowest BCUT2D eigenvalue weighted by Gasteiger charge is -2.26. The summed E-state index contributed by atoms with van der Waals surface area (Å²) in [5.74, 6) is 0.361. The van der Waals surface area contributed by atoms with E-state index >= 15 is 0 Å². The molecule has 15 heavy (non-hydrogen) atoms. The van der Waals surface area contributed by atoms with Gasteiger partial charge in [0.15, 0.2) is 0 Å². The van der Waals surface area contributed by atoms with Gasteiger partial charge in [-0.2, -0.15) is 0 Å². The van der Waals surface area contributed by atoms with Crippen LogP contribution in [-0.2, 0) is 0 Å². The van der Waals surface area contributed by atoms with Crippen LogP contribution in [0.2, 0.25) is 10.0 Å². The first-order valence-electron chi connectivity index (χ1n) is 5.30. The first-order valence-corrected chi connectivity index (χ1v) is 6.05. The average Bonchev–Trinajstić information content (AvgIpc) is 2.22. The first kappa shape index (κ1) is 11.3. The minimum Gasteiger partial charge on any atom is -0.393 e. The molecule has 2 unspecified atom stereocenters. The maximum Gasteiger partial charge on any atom is 0.0546 e. The number of benzene rings is 1. The quantitative estimate of drug-likeness (QED) is 0.792. The molecule has 0 amide bonds. The molecule has 1 fully saturated rings. The topological polar surface area (TPSA) is 20.2 Å². The van der Waals surface area contributed by atoms with Crippen LogP contribution in [0.1, 0.15) is 37.2 Å². The van der Waals surface area contributed by atoms with Gasteiger partial charge in [0.2, 0.25) is 0 Å². The zero-order valence-corrected chi connectivity index (χ0v) is 9.93. The van der Waals surface area contributed by atoms with E-state index in [2.05, 4.69) is 0 Å². The van der Waals surface area contributed by atoms with Crippen molar-refractivity contribution in [3.63, 3.8) is 0 Å². The number of aliphatic hydroxyl groups excluding tert-OH is 1. The lowest BCUT2D eigenvalue weighted by molar-refractivity contribution is 0.119. The molecule has 0 aromatic heterocycles. The monoisotopic (exact) mass is 244 g/mol. The summed E-state index contributed by atoms with van der Waals surface area (Å²) >= 11 is 12.1. The van der Waals surface area contributed by atoms with Crippen molar-refractivity contribution in [3.05, 3.63) is 33.8 Å². The van der Waals surface area contributed by atoms with Gasteiger partial charge in [0.1, 0.15) is 0 Å². The fourth-order valence-corrected chi connectivity index (χ4v) is 2.73. The Labute approximate surface area is 100 Å². The molecular formula is C12H14Cl2O. The van der Waals surface area contributed by atoms with Crippen molar-refractivity contribution in [3.8, 4) is 0 Å². The smallest absolute Gasteiger partial charge is 0.0546 e. The molecule has 3 heteroatoms. The van der Waals surface area contributed by atoms with Crippen LogP contribution >= 0.6 is 23.2 Å². The van der Waals surface area contributed by atoms with Gasteiger partial charge < -0.3 is 5.11 Å². The summed E-state index contributed by atoms with van der Waals surface area (Å²) in [7, 11) is 0. The van der Waals surface area contributed by atoms with Gasteiger partial charge in [-0.15, -0.1) is 0 Å². The predicted molar refractivity (Wildman–Crippen MR) is 63.7 cm³/mol.